The molecule has 0 bridgehead atoms. The van der Waals surface area contributed by atoms with E-state index >= 15 is 0 Å². The maximum atomic E-state index is 10.5. The van der Waals surface area contributed by atoms with Crippen molar-refractivity contribution in [1.82, 2.24) is 4.57 Å². The normalized spacial score (nSPS) is 10.7. The van der Waals surface area contributed by atoms with Crippen LogP contribution in [0.3, 0.4) is 0 Å². The van der Waals surface area contributed by atoms with E-state index in [1.54, 1.807) is 0 Å². The number of fused-ring (bicyclic) bond motifs is 1. The summed E-state index contributed by atoms with van der Waals surface area (Å²) in [5.41, 5.74) is 2.32. The number of aryl methyl sites for hydroxylation is 1. The lowest BCUT2D eigenvalue weighted by atomic mass is 10.1. The Morgan fingerprint density at radius 1 is 1.33 bits per heavy atom. The van der Waals surface area contributed by atoms with Crippen LogP contribution in [0.15, 0.2) is 30.5 Å². The summed E-state index contributed by atoms with van der Waals surface area (Å²) in [6.07, 6.45) is 4.70. The first kappa shape index (κ1) is 9.97. The summed E-state index contributed by atoms with van der Waals surface area (Å²) in [5.74, 6) is 0. The predicted octanol–water partition coefficient (Wildman–Crippen LogP) is 2.79. The van der Waals surface area contributed by atoms with E-state index in [4.69, 9.17) is 0 Å². The Kier molecular flexibility index (Phi) is 2.86. The lowest BCUT2D eigenvalue weighted by molar-refractivity contribution is -0.107. The first-order valence-electron chi connectivity index (χ1n) is 5.36. The monoisotopic (exact) mass is 201 g/mol. The molecule has 0 saturated carbocycles. The van der Waals surface area contributed by atoms with Gasteiger partial charge in [-0.25, -0.2) is 0 Å². The van der Waals surface area contributed by atoms with E-state index in [1.165, 1.54) is 10.9 Å². The van der Waals surface area contributed by atoms with E-state index in [1.807, 2.05) is 6.07 Å². The highest BCUT2D eigenvalue weighted by Gasteiger charge is 2.01. The molecule has 2 nitrogen and oxygen atoms in total. The topological polar surface area (TPSA) is 22.0 Å². The third kappa shape index (κ3) is 1.94. The molecule has 2 heteroatoms. The Hall–Kier alpha value is -1.57. The van der Waals surface area contributed by atoms with E-state index in [-0.39, 0.29) is 0 Å². The molecule has 0 aliphatic heterocycles. The van der Waals surface area contributed by atoms with Gasteiger partial charge >= 0.3 is 0 Å². The highest BCUT2D eigenvalue weighted by molar-refractivity contribution is 5.81. The zero-order valence-electron chi connectivity index (χ0n) is 8.94. The Morgan fingerprint density at radius 2 is 2.20 bits per heavy atom. The summed E-state index contributed by atoms with van der Waals surface area (Å²) in [4.78, 5) is 10.5. The van der Waals surface area contributed by atoms with Crippen molar-refractivity contribution in [3.8, 4) is 0 Å². The molecule has 1 aromatic carbocycles. The fraction of sp³-hybridized carbons (Fsp3) is 0.308. The zero-order chi connectivity index (χ0) is 10.7. The first-order valence-corrected chi connectivity index (χ1v) is 5.36. The van der Waals surface area contributed by atoms with E-state index < -0.39 is 0 Å². The van der Waals surface area contributed by atoms with Crippen LogP contribution >= 0.6 is 0 Å². The number of aromatic nitrogens is 1. The molecule has 15 heavy (non-hydrogen) atoms. The fourth-order valence-corrected chi connectivity index (χ4v) is 1.89. The summed E-state index contributed by atoms with van der Waals surface area (Å²) in [6.45, 7) is 3.20. The van der Waals surface area contributed by atoms with Gasteiger partial charge in [0.25, 0.3) is 0 Å². The molecular weight excluding hydrogens is 186 g/mol. The smallest absolute Gasteiger partial charge is 0.124 e. The second-order valence-electron chi connectivity index (χ2n) is 3.77. The number of nitrogens with zero attached hydrogens (tertiary/aromatic N) is 1. The molecular formula is C13H15NO. The van der Waals surface area contributed by atoms with Crippen molar-refractivity contribution in [1.29, 1.82) is 0 Å². The van der Waals surface area contributed by atoms with Gasteiger partial charge < -0.3 is 9.36 Å². The molecule has 0 unspecified atom stereocenters. The summed E-state index contributed by atoms with van der Waals surface area (Å²) in [6, 6.07) is 8.34. The second kappa shape index (κ2) is 4.30. The number of hydrogen-bond acceptors (Lipinski definition) is 1. The molecule has 2 rings (SSSR count). The molecule has 0 fully saturated rings. The minimum Gasteiger partial charge on any atom is -0.347 e. The molecule has 2 aromatic rings. The SMILES string of the molecule is CCCn1ccc2ccc(CC=O)cc21. The third-order valence-corrected chi connectivity index (χ3v) is 2.62. The Bertz CT molecular complexity index is 470. The van der Waals surface area contributed by atoms with E-state index in [0.29, 0.717) is 6.42 Å². The molecule has 0 N–H and O–H groups in total. The van der Waals surface area contributed by atoms with Crippen LogP contribution in [0.4, 0.5) is 0 Å². The number of aldehydes is 1. The van der Waals surface area contributed by atoms with E-state index in [0.717, 1.165) is 24.8 Å². The summed E-state index contributed by atoms with van der Waals surface area (Å²) >= 11 is 0. The van der Waals surface area contributed by atoms with E-state index in [2.05, 4.69) is 35.9 Å². The number of rotatable bonds is 4. The van der Waals surface area contributed by atoms with Crippen LogP contribution in [0.1, 0.15) is 18.9 Å². The highest BCUT2D eigenvalue weighted by Crippen LogP contribution is 2.18. The first-order chi connectivity index (χ1) is 7.35. The number of carbonyl (C=O) groups is 1. The number of benzene rings is 1. The van der Waals surface area contributed by atoms with Crippen LogP contribution in [0.2, 0.25) is 0 Å². The van der Waals surface area contributed by atoms with Gasteiger partial charge in [-0.3, -0.25) is 0 Å². The highest BCUT2D eigenvalue weighted by atomic mass is 16.1. The van der Waals surface area contributed by atoms with Crippen molar-refractivity contribution in [3.63, 3.8) is 0 Å². The standard InChI is InChI=1S/C13H15NO/c1-2-7-14-8-5-12-4-3-11(6-9-15)10-13(12)14/h3-5,8-10H,2,6-7H2,1H3. The molecule has 0 aliphatic rings. The van der Waals surface area contributed by atoms with Gasteiger partial charge in [0.15, 0.2) is 0 Å². The summed E-state index contributed by atoms with van der Waals surface area (Å²) < 4.78 is 2.24. The van der Waals surface area contributed by atoms with Crippen LogP contribution in [-0.2, 0) is 17.8 Å². The van der Waals surface area contributed by atoms with Crippen molar-refractivity contribution in [3.05, 3.63) is 36.0 Å². The van der Waals surface area contributed by atoms with Gasteiger partial charge in [-0.15, -0.1) is 0 Å². The second-order valence-corrected chi connectivity index (χ2v) is 3.77. The quantitative estimate of drug-likeness (QED) is 0.697. The number of carbonyl (C=O) groups excluding carboxylic acids is 1. The zero-order valence-corrected chi connectivity index (χ0v) is 8.94. The lowest BCUT2D eigenvalue weighted by Gasteiger charge is -2.03. The van der Waals surface area contributed by atoms with Gasteiger partial charge in [-0.1, -0.05) is 19.1 Å². The van der Waals surface area contributed by atoms with Crippen molar-refractivity contribution in [2.24, 2.45) is 0 Å². The minimum atomic E-state index is 0.507. The Labute approximate surface area is 89.5 Å². The molecule has 0 radical (unpaired) electrons. The molecule has 0 spiro atoms. The van der Waals surface area contributed by atoms with Gasteiger partial charge in [0, 0.05) is 24.7 Å². The van der Waals surface area contributed by atoms with Crippen LogP contribution < -0.4 is 0 Å². The van der Waals surface area contributed by atoms with Gasteiger partial charge in [0.05, 0.1) is 0 Å². The van der Waals surface area contributed by atoms with Gasteiger partial charge in [-0.05, 0) is 29.5 Å². The molecule has 0 amide bonds. The molecule has 1 heterocycles. The Balaban J connectivity index is 2.46. The van der Waals surface area contributed by atoms with Crippen LogP contribution in [-0.4, -0.2) is 10.9 Å². The maximum Gasteiger partial charge on any atom is 0.124 e. The molecule has 0 saturated heterocycles. The van der Waals surface area contributed by atoms with Crippen molar-refractivity contribution in [2.45, 2.75) is 26.3 Å². The molecule has 0 aliphatic carbocycles. The average molecular weight is 201 g/mol. The average Bonchev–Trinajstić information content (AvgIpc) is 2.63. The molecule has 78 valence electrons. The van der Waals surface area contributed by atoms with Crippen LogP contribution in [0, 0.1) is 0 Å². The largest absolute Gasteiger partial charge is 0.347 e. The number of hydrogen-bond donors (Lipinski definition) is 0. The summed E-state index contributed by atoms with van der Waals surface area (Å²) in [5, 5.41) is 1.25. The van der Waals surface area contributed by atoms with Crippen LogP contribution in [0.5, 0.6) is 0 Å². The van der Waals surface area contributed by atoms with Gasteiger partial charge in [-0.2, -0.15) is 0 Å². The van der Waals surface area contributed by atoms with Gasteiger partial charge in [0.1, 0.15) is 6.29 Å². The third-order valence-electron chi connectivity index (χ3n) is 2.62. The lowest BCUT2D eigenvalue weighted by Crippen LogP contribution is -1.94. The van der Waals surface area contributed by atoms with E-state index in [9.17, 15) is 4.79 Å². The van der Waals surface area contributed by atoms with Gasteiger partial charge in [0.2, 0.25) is 0 Å². The molecule has 0 atom stereocenters. The van der Waals surface area contributed by atoms with Crippen molar-refractivity contribution < 1.29 is 4.79 Å². The molecule has 1 aromatic heterocycles. The Morgan fingerprint density at radius 3 is 2.93 bits per heavy atom. The van der Waals surface area contributed by atoms with Crippen molar-refractivity contribution in [2.75, 3.05) is 0 Å². The fourth-order valence-electron chi connectivity index (χ4n) is 1.89. The van der Waals surface area contributed by atoms with Crippen molar-refractivity contribution >= 4 is 17.2 Å². The minimum absolute atomic E-state index is 0.507. The van der Waals surface area contributed by atoms with Crippen LogP contribution in [0.25, 0.3) is 10.9 Å². The maximum absolute atomic E-state index is 10.5. The summed E-state index contributed by atoms with van der Waals surface area (Å²) in [7, 11) is 0. The predicted molar refractivity (Wildman–Crippen MR) is 62.0 cm³/mol.